The van der Waals surface area contributed by atoms with Gasteiger partial charge in [0.25, 0.3) is 5.91 Å². The van der Waals surface area contributed by atoms with Crippen molar-refractivity contribution in [3.8, 4) is 22.9 Å². The van der Waals surface area contributed by atoms with Crippen LogP contribution < -0.4 is 14.8 Å². The number of hydrogen-bond acceptors (Lipinski definition) is 6. The minimum Gasteiger partial charge on any atom is -0.508 e. The van der Waals surface area contributed by atoms with E-state index in [1.54, 1.807) is 57.5 Å². The lowest BCUT2D eigenvalue weighted by molar-refractivity contribution is 0.102. The minimum atomic E-state index is -0.397. The summed E-state index contributed by atoms with van der Waals surface area (Å²) >= 11 is 0. The van der Waals surface area contributed by atoms with Crippen LogP contribution in [0.2, 0.25) is 0 Å². The number of aromatic nitrogens is 3. The number of amides is 1. The molecule has 3 rings (SSSR count). The Balaban J connectivity index is 1.93. The van der Waals surface area contributed by atoms with Crippen molar-refractivity contribution in [2.24, 2.45) is 0 Å². The molecule has 0 saturated heterocycles. The Hall–Kier alpha value is -3.55. The fourth-order valence-electron chi connectivity index (χ4n) is 3.13. The molecular weight excluding hydrogens is 384 g/mol. The molecule has 0 aliphatic carbocycles. The number of methoxy groups -OCH3 is 2. The van der Waals surface area contributed by atoms with Gasteiger partial charge in [0.2, 0.25) is 0 Å². The van der Waals surface area contributed by atoms with Crippen LogP contribution in [-0.4, -0.2) is 40.2 Å². The summed E-state index contributed by atoms with van der Waals surface area (Å²) in [6.45, 7) is 7.73. The average Bonchev–Trinajstić information content (AvgIpc) is 3.09. The Kier molecular flexibility index (Phi) is 5.69. The van der Waals surface area contributed by atoms with E-state index < -0.39 is 5.91 Å². The largest absolute Gasteiger partial charge is 0.508 e. The number of nitrogens with one attached hydrogen (secondary N) is 1. The van der Waals surface area contributed by atoms with Crippen LogP contribution in [0.25, 0.3) is 5.69 Å². The molecule has 8 heteroatoms. The summed E-state index contributed by atoms with van der Waals surface area (Å²) in [6, 6.07) is 10.3. The first-order valence-electron chi connectivity index (χ1n) is 9.45. The maximum atomic E-state index is 12.9. The zero-order valence-electron chi connectivity index (χ0n) is 18.0. The van der Waals surface area contributed by atoms with Crippen molar-refractivity contribution in [3.63, 3.8) is 0 Å². The summed E-state index contributed by atoms with van der Waals surface area (Å²) in [5, 5.41) is 21.2. The molecule has 0 saturated carbocycles. The van der Waals surface area contributed by atoms with E-state index in [4.69, 9.17) is 9.47 Å². The van der Waals surface area contributed by atoms with E-state index in [2.05, 4.69) is 15.6 Å². The summed E-state index contributed by atoms with van der Waals surface area (Å²) < 4.78 is 12.2. The first-order valence-corrected chi connectivity index (χ1v) is 9.45. The zero-order valence-corrected chi connectivity index (χ0v) is 18.0. The molecule has 0 spiro atoms. The molecule has 1 amide bonds. The third-order valence-corrected chi connectivity index (χ3v) is 4.79. The molecule has 3 aromatic rings. The van der Waals surface area contributed by atoms with Gasteiger partial charge >= 0.3 is 0 Å². The fraction of sp³-hybridized carbons (Fsp3) is 0.318. The number of carbonyl (C=O) groups is 1. The van der Waals surface area contributed by atoms with E-state index in [0.717, 1.165) is 5.56 Å². The van der Waals surface area contributed by atoms with Gasteiger partial charge in [-0.3, -0.25) is 4.79 Å². The van der Waals surface area contributed by atoms with Crippen LogP contribution in [0.5, 0.6) is 17.2 Å². The number of phenols is 1. The molecular formula is C22H26N4O4. The van der Waals surface area contributed by atoms with Crippen LogP contribution in [0.1, 0.15) is 42.5 Å². The number of rotatable bonds is 5. The maximum Gasteiger partial charge on any atom is 0.278 e. The summed E-state index contributed by atoms with van der Waals surface area (Å²) in [5.41, 5.74) is 2.38. The molecule has 0 radical (unpaired) electrons. The SMILES string of the molecule is COc1ccc(OC)c(-n2nnc(C(=O)Nc3ccc(O)c(C(C)(C)C)c3)c2C)c1. The molecule has 0 fully saturated rings. The van der Waals surface area contributed by atoms with Crippen LogP contribution in [0.4, 0.5) is 5.69 Å². The molecule has 8 nitrogen and oxygen atoms in total. The van der Waals surface area contributed by atoms with Gasteiger partial charge < -0.3 is 19.9 Å². The van der Waals surface area contributed by atoms with Crippen molar-refractivity contribution >= 4 is 11.6 Å². The predicted octanol–water partition coefficient (Wildman–Crippen LogP) is 3.85. The molecule has 30 heavy (non-hydrogen) atoms. The Morgan fingerprint density at radius 2 is 1.83 bits per heavy atom. The van der Waals surface area contributed by atoms with Crippen molar-refractivity contribution in [1.82, 2.24) is 15.0 Å². The predicted molar refractivity (Wildman–Crippen MR) is 114 cm³/mol. The van der Waals surface area contributed by atoms with Gasteiger partial charge in [0.15, 0.2) is 5.69 Å². The number of ether oxygens (including phenoxy) is 2. The third-order valence-electron chi connectivity index (χ3n) is 4.79. The molecule has 158 valence electrons. The summed E-state index contributed by atoms with van der Waals surface area (Å²) in [7, 11) is 3.13. The van der Waals surface area contributed by atoms with Gasteiger partial charge in [-0.1, -0.05) is 26.0 Å². The number of hydrogen-bond donors (Lipinski definition) is 2. The lowest BCUT2D eigenvalue weighted by Crippen LogP contribution is -2.16. The summed E-state index contributed by atoms with van der Waals surface area (Å²) in [4.78, 5) is 12.9. The van der Waals surface area contributed by atoms with Gasteiger partial charge in [-0.25, -0.2) is 4.68 Å². The van der Waals surface area contributed by atoms with Crippen molar-refractivity contribution in [1.29, 1.82) is 0 Å². The van der Waals surface area contributed by atoms with E-state index in [-0.39, 0.29) is 16.9 Å². The van der Waals surface area contributed by atoms with Gasteiger partial charge in [0.05, 0.1) is 19.9 Å². The standard InChI is InChI=1S/C22H26N4O4/c1-13-20(21(28)23-14-7-9-18(27)16(11-14)22(2,3)4)24-25-26(13)17-12-15(29-5)8-10-19(17)30-6/h7-12,27H,1-6H3,(H,23,28). The highest BCUT2D eigenvalue weighted by molar-refractivity contribution is 6.03. The Bertz CT molecular complexity index is 1080. The lowest BCUT2D eigenvalue weighted by Gasteiger charge is -2.21. The van der Waals surface area contributed by atoms with Crippen molar-refractivity contribution in [2.45, 2.75) is 33.1 Å². The number of aromatic hydroxyl groups is 1. The topological polar surface area (TPSA) is 98.5 Å². The van der Waals surface area contributed by atoms with E-state index in [1.165, 1.54) is 4.68 Å². The molecule has 2 N–H and O–H groups in total. The van der Waals surface area contributed by atoms with Gasteiger partial charge in [0, 0.05) is 17.3 Å². The molecule has 0 bridgehead atoms. The minimum absolute atomic E-state index is 0.185. The van der Waals surface area contributed by atoms with Crippen LogP contribution >= 0.6 is 0 Å². The second kappa shape index (κ2) is 8.06. The molecule has 2 aromatic carbocycles. The number of anilines is 1. The Morgan fingerprint density at radius 3 is 2.47 bits per heavy atom. The monoisotopic (exact) mass is 410 g/mol. The highest BCUT2D eigenvalue weighted by atomic mass is 16.5. The normalized spacial score (nSPS) is 11.3. The van der Waals surface area contributed by atoms with Gasteiger partial charge in [0.1, 0.15) is 22.9 Å². The molecule has 0 unspecified atom stereocenters. The molecule has 0 aliphatic rings. The second-order valence-corrected chi connectivity index (χ2v) is 7.91. The zero-order chi connectivity index (χ0) is 22.1. The maximum absolute atomic E-state index is 12.9. The van der Waals surface area contributed by atoms with Crippen molar-refractivity contribution in [3.05, 3.63) is 53.3 Å². The van der Waals surface area contributed by atoms with E-state index in [1.807, 2.05) is 20.8 Å². The first kappa shape index (κ1) is 21.2. The van der Waals surface area contributed by atoms with Gasteiger partial charge in [-0.15, -0.1) is 5.10 Å². The highest BCUT2D eigenvalue weighted by Crippen LogP contribution is 2.33. The van der Waals surface area contributed by atoms with E-state index in [0.29, 0.717) is 28.6 Å². The van der Waals surface area contributed by atoms with Crippen LogP contribution in [0.15, 0.2) is 36.4 Å². The van der Waals surface area contributed by atoms with E-state index in [9.17, 15) is 9.90 Å². The molecule has 0 aliphatic heterocycles. The highest BCUT2D eigenvalue weighted by Gasteiger charge is 2.22. The fourth-order valence-corrected chi connectivity index (χ4v) is 3.13. The average molecular weight is 410 g/mol. The Labute approximate surface area is 175 Å². The molecule has 1 heterocycles. The molecule has 0 atom stereocenters. The number of benzene rings is 2. The smallest absolute Gasteiger partial charge is 0.278 e. The molecule has 1 aromatic heterocycles. The van der Waals surface area contributed by atoms with Crippen LogP contribution in [0, 0.1) is 6.92 Å². The second-order valence-electron chi connectivity index (χ2n) is 7.91. The summed E-state index contributed by atoms with van der Waals surface area (Å²) in [5.74, 6) is 0.994. The number of carbonyl (C=O) groups excluding carboxylic acids is 1. The number of phenolic OH excluding ortho intramolecular Hbond substituents is 1. The van der Waals surface area contributed by atoms with Crippen molar-refractivity contribution in [2.75, 3.05) is 19.5 Å². The van der Waals surface area contributed by atoms with Crippen molar-refractivity contribution < 1.29 is 19.4 Å². The summed E-state index contributed by atoms with van der Waals surface area (Å²) in [6.07, 6.45) is 0. The van der Waals surface area contributed by atoms with E-state index >= 15 is 0 Å². The quantitative estimate of drug-likeness (QED) is 0.620. The Morgan fingerprint density at radius 1 is 1.10 bits per heavy atom. The van der Waals surface area contributed by atoms with Gasteiger partial charge in [-0.2, -0.15) is 0 Å². The van der Waals surface area contributed by atoms with Gasteiger partial charge in [-0.05, 0) is 42.7 Å². The first-order chi connectivity index (χ1) is 14.2. The van der Waals surface area contributed by atoms with Crippen LogP contribution in [0.3, 0.4) is 0 Å². The lowest BCUT2D eigenvalue weighted by atomic mass is 9.86. The van der Waals surface area contributed by atoms with Crippen LogP contribution in [-0.2, 0) is 5.41 Å². The number of nitrogens with zero attached hydrogens (tertiary/aromatic N) is 3. The third kappa shape index (κ3) is 4.07.